The number of aromatic nitrogens is 3. The van der Waals surface area contributed by atoms with Gasteiger partial charge in [0.2, 0.25) is 17.8 Å². The van der Waals surface area contributed by atoms with Gasteiger partial charge in [0.15, 0.2) is 0 Å². The van der Waals surface area contributed by atoms with E-state index in [2.05, 4.69) is 20.7 Å². The third kappa shape index (κ3) is 2.62. The summed E-state index contributed by atoms with van der Waals surface area (Å²) in [6.07, 6.45) is 1.31. The summed E-state index contributed by atoms with van der Waals surface area (Å²) in [4.78, 5) is 28.1. The summed E-state index contributed by atoms with van der Waals surface area (Å²) in [7, 11) is 0. The number of carbonyl (C=O) groups is 2. The van der Waals surface area contributed by atoms with Crippen LogP contribution in [0.1, 0.15) is 19.4 Å². The summed E-state index contributed by atoms with van der Waals surface area (Å²) < 4.78 is 6.87. The highest BCUT2D eigenvalue weighted by molar-refractivity contribution is 6.01. The molecule has 0 saturated heterocycles. The Morgan fingerprint density at radius 2 is 2.32 bits per heavy atom. The number of amides is 2. The van der Waals surface area contributed by atoms with Crippen molar-refractivity contribution in [1.29, 1.82) is 0 Å². The number of hydrogen-bond acceptors (Lipinski definition) is 5. The van der Waals surface area contributed by atoms with Crippen LogP contribution in [0.5, 0.6) is 5.75 Å². The molecule has 0 bridgehead atoms. The largest absolute Gasteiger partial charge is 0.492 e. The Morgan fingerprint density at radius 3 is 3.14 bits per heavy atom. The molecule has 0 fully saturated rings. The number of ether oxygens (including phenoxy) is 1. The Hall–Kier alpha value is -2.90. The van der Waals surface area contributed by atoms with E-state index < -0.39 is 6.04 Å². The van der Waals surface area contributed by atoms with Gasteiger partial charge in [-0.3, -0.25) is 14.9 Å². The first-order valence-corrected chi connectivity index (χ1v) is 6.91. The van der Waals surface area contributed by atoms with Gasteiger partial charge in [0.05, 0.1) is 18.7 Å². The van der Waals surface area contributed by atoms with E-state index in [9.17, 15) is 9.59 Å². The van der Waals surface area contributed by atoms with Gasteiger partial charge >= 0.3 is 0 Å². The van der Waals surface area contributed by atoms with Crippen molar-refractivity contribution in [3.05, 3.63) is 30.6 Å². The van der Waals surface area contributed by atoms with E-state index in [1.165, 1.54) is 11.0 Å². The molecule has 1 atom stereocenters. The molecule has 0 radical (unpaired) electrons. The van der Waals surface area contributed by atoms with Crippen molar-refractivity contribution < 1.29 is 14.3 Å². The second-order valence-corrected chi connectivity index (χ2v) is 4.71. The number of nitrogens with zero attached hydrogens (tertiary/aromatic N) is 3. The third-order valence-electron chi connectivity index (χ3n) is 3.25. The first-order chi connectivity index (χ1) is 10.7. The van der Waals surface area contributed by atoms with Crippen molar-refractivity contribution >= 4 is 23.5 Å². The molecule has 8 nitrogen and oxygen atoms in total. The van der Waals surface area contributed by atoms with Crippen molar-refractivity contribution in [2.75, 3.05) is 17.2 Å². The number of hydrogen-bond donors (Lipinski definition) is 2. The van der Waals surface area contributed by atoms with Gasteiger partial charge in [-0.05, 0) is 19.1 Å². The van der Waals surface area contributed by atoms with Gasteiger partial charge in [0, 0.05) is 0 Å². The van der Waals surface area contributed by atoms with Gasteiger partial charge in [-0.25, -0.2) is 4.68 Å². The second kappa shape index (κ2) is 5.84. The van der Waals surface area contributed by atoms with Crippen LogP contribution < -0.4 is 15.4 Å². The van der Waals surface area contributed by atoms with E-state index in [0.717, 1.165) is 0 Å². The molecule has 0 saturated carbocycles. The van der Waals surface area contributed by atoms with Gasteiger partial charge in [0.1, 0.15) is 18.1 Å². The maximum Gasteiger partial charge on any atom is 0.250 e. The number of benzene rings is 1. The Kier molecular flexibility index (Phi) is 3.73. The molecule has 2 aromatic rings. The molecule has 1 aliphatic rings. The Labute approximate surface area is 126 Å². The van der Waals surface area contributed by atoms with Gasteiger partial charge in [-0.1, -0.05) is 12.1 Å². The van der Waals surface area contributed by atoms with Crippen molar-refractivity contribution in [1.82, 2.24) is 14.8 Å². The highest BCUT2D eigenvalue weighted by Gasteiger charge is 2.32. The van der Waals surface area contributed by atoms with E-state index in [1.807, 2.05) is 13.0 Å². The summed E-state index contributed by atoms with van der Waals surface area (Å²) in [5.74, 6) is 0.249. The summed E-state index contributed by atoms with van der Waals surface area (Å²) in [5, 5.41) is 9.34. The molecule has 22 heavy (non-hydrogen) atoms. The Morgan fingerprint density at radius 1 is 1.50 bits per heavy atom. The molecule has 1 aromatic heterocycles. The van der Waals surface area contributed by atoms with E-state index in [-0.39, 0.29) is 24.2 Å². The zero-order chi connectivity index (χ0) is 15.5. The van der Waals surface area contributed by atoms with Crippen molar-refractivity contribution in [2.24, 2.45) is 0 Å². The molecule has 0 aliphatic carbocycles. The third-order valence-corrected chi connectivity index (χ3v) is 3.25. The number of rotatable bonds is 4. The van der Waals surface area contributed by atoms with Crippen LogP contribution in [0.15, 0.2) is 30.6 Å². The molecule has 2 amide bonds. The van der Waals surface area contributed by atoms with E-state index in [0.29, 0.717) is 18.0 Å². The number of fused-ring (bicyclic) bond motifs is 1. The number of nitrogens with one attached hydrogen (secondary N) is 2. The van der Waals surface area contributed by atoms with E-state index >= 15 is 0 Å². The fourth-order valence-corrected chi connectivity index (χ4v) is 2.28. The van der Waals surface area contributed by atoms with Crippen LogP contribution in [0.25, 0.3) is 0 Å². The van der Waals surface area contributed by atoms with E-state index in [1.54, 1.807) is 18.2 Å². The normalized spacial score (nSPS) is 16.6. The summed E-state index contributed by atoms with van der Waals surface area (Å²) in [6, 6.07) is 6.40. The zero-order valence-corrected chi connectivity index (χ0v) is 11.9. The lowest BCUT2D eigenvalue weighted by molar-refractivity contribution is -0.125. The van der Waals surface area contributed by atoms with Crippen LogP contribution in [-0.4, -0.2) is 33.2 Å². The fourth-order valence-electron chi connectivity index (χ4n) is 2.28. The van der Waals surface area contributed by atoms with Gasteiger partial charge in [-0.15, -0.1) is 0 Å². The highest BCUT2D eigenvalue weighted by atomic mass is 16.5. The topological polar surface area (TPSA) is 98.1 Å². The number of carbonyl (C=O) groups excluding carboxylic acids is 2. The van der Waals surface area contributed by atoms with Crippen LogP contribution in [0.2, 0.25) is 0 Å². The van der Waals surface area contributed by atoms with Crippen LogP contribution in [-0.2, 0) is 9.59 Å². The van der Waals surface area contributed by atoms with Crippen molar-refractivity contribution in [3.8, 4) is 5.75 Å². The summed E-state index contributed by atoms with van der Waals surface area (Å²) in [6.45, 7) is 2.36. The first kappa shape index (κ1) is 14.1. The predicted molar refractivity (Wildman–Crippen MR) is 78.5 cm³/mol. The highest BCUT2D eigenvalue weighted by Crippen LogP contribution is 2.27. The van der Waals surface area contributed by atoms with Crippen molar-refractivity contribution in [2.45, 2.75) is 19.4 Å². The average molecular weight is 301 g/mol. The predicted octanol–water partition coefficient (Wildman–Crippen LogP) is 1.20. The monoisotopic (exact) mass is 301 g/mol. The van der Waals surface area contributed by atoms with Crippen LogP contribution >= 0.6 is 0 Å². The standard InChI is InChI=1S/C14H15N5O3/c1-2-22-11-6-4-3-5-9(11)17-13(21)10-7-12(20)18-14-15-8-16-19(10)14/h3-6,8,10H,2,7H2,1H3,(H,17,21)(H,15,16,18,20)/t10-/m1/s1. The fraction of sp³-hybridized carbons (Fsp3) is 0.286. The maximum absolute atomic E-state index is 12.5. The zero-order valence-electron chi connectivity index (χ0n) is 11.9. The number of para-hydroxylation sites is 2. The van der Waals surface area contributed by atoms with Crippen LogP contribution in [0.4, 0.5) is 11.6 Å². The van der Waals surface area contributed by atoms with Crippen molar-refractivity contribution in [3.63, 3.8) is 0 Å². The molecule has 0 spiro atoms. The van der Waals surface area contributed by atoms with Gasteiger partial charge in [-0.2, -0.15) is 10.1 Å². The number of anilines is 2. The molecule has 1 aromatic carbocycles. The lowest BCUT2D eigenvalue weighted by atomic mass is 10.1. The minimum atomic E-state index is -0.735. The summed E-state index contributed by atoms with van der Waals surface area (Å²) >= 11 is 0. The minimum absolute atomic E-state index is 0.0129. The smallest absolute Gasteiger partial charge is 0.250 e. The van der Waals surface area contributed by atoms with Crippen LogP contribution in [0.3, 0.4) is 0 Å². The van der Waals surface area contributed by atoms with Gasteiger partial charge in [0.25, 0.3) is 0 Å². The molecule has 2 heterocycles. The molecule has 8 heteroatoms. The molecular formula is C14H15N5O3. The van der Waals surface area contributed by atoms with E-state index in [4.69, 9.17) is 4.74 Å². The average Bonchev–Trinajstić information content (AvgIpc) is 2.96. The Bertz CT molecular complexity index is 712. The maximum atomic E-state index is 12.5. The Balaban J connectivity index is 1.83. The molecular weight excluding hydrogens is 286 g/mol. The molecule has 0 unspecified atom stereocenters. The second-order valence-electron chi connectivity index (χ2n) is 4.71. The molecule has 2 N–H and O–H groups in total. The molecule has 1 aliphatic heterocycles. The quantitative estimate of drug-likeness (QED) is 0.884. The van der Waals surface area contributed by atoms with Gasteiger partial charge < -0.3 is 10.1 Å². The summed E-state index contributed by atoms with van der Waals surface area (Å²) in [5.41, 5.74) is 0.557. The molecule has 114 valence electrons. The lowest BCUT2D eigenvalue weighted by Crippen LogP contribution is -2.36. The minimum Gasteiger partial charge on any atom is -0.492 e. The first-order valence-electron chi connectivity index (χ1n) is 6.91. The SMILES string of the molecule is CCOc1ccccc1NC(=O)[C@H]1CC(=O)Nc2ncnn21. The lowest BCUT2D eigenvalue weighted by Gasteiger charge is -2.23. The van der Waals surface area contributed by atoms with Crippen LogP contribution in [0, 0.1) is 0 Å². The molecule has 3 rings (SSSR count).